The third-order valence-electron chi connectivity index (χ3n) is 7.73. The Kier molecular flexibility index (Phi) is 9.33. The minimum Gasteiger partial charge on any atom is -0.508 e. The van der Waals surface area contributed by atoms with Crippen LogP contribution >= 0.6 is 0 Å². The Bertz CT molecular complexity index is 1640. The Balaban J connectivity index is 1.61. The van der Waals surface area contributed by atoms with Crippen LogP contribution in [0, 0.1) is 0 Å². The van der Waals surface area contributed by atoms with Crippen LogP contribution in [0.15, 0.2) is 39.5 Å². The van der Waals surface area contributed by atoms with Gasteiger partial charge in [-0.3, -0.25) is 9.59 Å². The van der Waals surface area contributed by atoms with E-state index in [1.807, 2.05) is 0 Å². The maximum absolute atomic E-state index is 14.0. The van der Waals surface area contributed by atoms with Crippen molar-refractivity contribution in [2.24, 2.45) is 0 Å². The lowest BCUT2D eigenvalue weighted by molar-refractivity contribution is -0.272. The predicted octanol–water partition coefficient (Wildman–Crippen LogP) is -0.137. The largest absolute Gasteiger partial charge is 0.508 e. The standard InChI is InChI=1S/C30H34O16/c1-10-18(33)21(36)23(38)30(41-10)46-28-20(35)17-15(44-26(28)13-5-7-14(32)8-6-13)9-16(27(40-4)19(17)34)45-29-24(39)22(37)25(11(2)42-29)43-12(3)31/h5-11,18,21-25,29-30,32-34,36-39H,1-4H3. The number of carbonyl (C=O) groups excluding carboxylic acids is 1. The summed E-state index contributed by atoms with van der Waals surface area (Å²) in [6.07, 6.45) is -14.7. The Labute approximate surface area is 260 Å². The molecule has 250 valence electrons. The molecule has 2 aliphatic rings. The van der Waals surface area contributed by atoms with Gasteiger partial charge >= 0.3 is 5.97 Å². The van der Waals surface area contributed by atoms with Crippen LogP contribution in [-0.4, -0.2) is 110 Å². The third kappa shape index (κ3) is 6.03. The Hall–Kier alpha value is -4.16. The molecular formula is C30H34O16. The van der Waals surface area contributed by atoms with Crippen molar-refractivity contribution in [3.05, 3.63) is 40.6 Å². The van der Waals surface area contributed by atoms with Crippen LogP contribution in [0.3, 0.4) is 0 Å². The molecule has 0 bridgehead atoms. The van der Waals surface area contributed by atoms with Crippen molar-refractivity contribution in [3.8, 4) is 40.1 Å². The molecule has 2 aromatic carbocycles. The van der Waals surface area contributed by atoms with Crippen LogP contribution in [0.4, 0.5) is 0 Å². The topological polar surface area (TPSA) is 244 Å². The van der Waals surface area contributed by atoms with Gasteiger partial charge < -0.3 is 68.6 Å². The van der Waals surface area contributed by atoms with Gasteiger partial charge in [0.2, 0.25) is 29.5 Å². The second-order valence-electron chi connectivity index (χ2n) is 10.9. The van der Waals surface area contributed by atoms with Crippen LogP contribution < -0.4 is 19.6 Å². The minimum absolute atomic E-state index is 0.109. The highest BCUT2D eigenvalue weighted by Gasteiger charge is 2.47. The maximum atomic E-state index is 14.0. The first-order chi connectivity index (χ1) is 21.7. The molecule has 7 N–H and O–H groups in total. The van der Waals surface area contributed by atoms with Crippen molar-refractivity contribution in [3.63, 3.8) is 0 Å². The zero-order valence-corrected chi connectivity index (χ0v) is 25.0. The summed E-state index contributed by atoms with van der Waals surface area (Å²) in [6.45, 7) is 4.03. The molecule has 10 unspecified atom stereocenters. The quantitative estimate of drug-likeness (QED) is 0.165. The number of aliphatic hydroxyl groups is 5. The van der Waals surface area contributed by atoms with Gasteiger partial charge in [-0.25, -0.2) is 0 Å². The summed E-state index contributed by atoms with van der Waals surface area (Å²) in [5, 5.41) is 72.8. The summed E-state index contributed by atoms with van der Waals surface area (Å²) in [7, 11) is 1.16. The maximum Gasteiger partial charge on any atom is 0.303 e. The van der Waals surface area contributed by atoms with E-state index in [-0.39, 0.29) is 28.4 Å². The number of hydrogen-bond acceptors (Lipinski definition) is 16. The van der Waals surface area contributed by atoms with E-state index >= 15 is 0 Å². The van der Waals surface area contributed by atoms with E-state index in [4.69, 9.17) is 32.8 Å². The molecular weight excluding hydrogens is 616 g/mol. The summed E-state index contributed by atoms with van der Waals surface area (Å²) >= 11 is 0. The molecule has 3 heterocycles. The van der Waals surface area contributed by atoms with Crippen LogP contribution in [0.5, 0.6) is 28.7 Å². The Morgan fingerprint density at radius 2 is 1.41 bits per heavy atom. The zero-order valence-electron chi connectivity index (χ0n) is 25.0. The number of carbonyl (C=O) groups is 1. The van der Waals surface area contributed by atoms with Gasteiger partial charge in [0.25, 0.3) is 0 Å². The number of ether oxygens (including phenoxy) is 6. The fourth-order valence-electron chi connectivity index (χ4n) is 5.28. The van der Waals surface area contributed by atoms with Crippen LogP contribution in [0.2, 0.25) is 0 Å². The molecule has 0 saturated carbocycles. The highest BCUT2D eigenvalue weighted by molar-refractivity contribution is 5.91. The van der Waals surface area contributed by atoms with Crippen LogP contribution in [0.1, 0.15) is 20.8 Å². The monoisotopic (exact) mass is 650 g/mol. The smallest absolute Gasteiger partial charge is 0.303 e. The van der Waals surface area contributed by atoms with Gasteiger partial charge in [0.05, 0.1) is 19.3 Å². The number of rotatable bonds is 7. The van der Waals surface area contributed by atoms with Crippen molar-refractivity contribution in [2.75, 3.05) is 7.11 Å². The van der Waals surface area contributed by atoms with Crippen molar-refractivity contribution in [1.29, 1.82) is 0 Å². The molecule has 2 saturated heterocycles. The van der Waals surface area contributed by atoms with E-state index in [0.29, 0.717) is 0 Å². The molecule has 0 radical (unpaired) electrons. The molecule has 46 heavy (non-hydrogen) atoms. The summed E-state index contributed by atoms with van der Waals surface area (Å²) in [6, 6.07) is 6.54. The lowest BCUT2D eigenvalue weighted by atomic mass is 9.99. The molecule has 3 aromatic rings. The molecule has 2 aliphatic heterocycles. The van der Waals surface area contributed by atoms with Crippen LogP contribution in [0.25, 0.3) is 22.3 Å². The summed E-state index contributed by atoms with van der Waals surface area (Å²) in [5.74, 6) is -3.10. The Morgan fingerprint density at radius 3 is 2.04 bits per heavy atom. The number of benzene rings is 2. The number of methoxy groups -OCH3 is 1. The number of aliphatic hydroxyl groups excluding tert-OH is 5. The number of esters is 1. The van der Waals surface area contributed by atoms with Crippen molar-refractivity contribution >= 4 is 16.9 Å². The van der Waals surface area contributed by atoms with E-state index in [9.17, 15) is 45.3 Å². The average molecular weight is 651 g/mol. The van der Waals surface area contributed by atoms with Gasteiger partial charge in [0.15, 0.2) is 23.4 Å². The summed E-state index contributed by atoms with van der Waals surface area (Å²) < 4.78 is 39.1. The third-order valence-corrected chi connectivity index (χ3v) is 7.73. The second kappa shape index (κ2) is 12.9. The molecule has 10 atom stereocenters. The summed E-state index contributed by atoms with van der Waals surface area (Å²) in [5.41, 5.74) is -1.06. The first-order valence-electron chi connectivity index (χ1n) is 14.1. The van der Waals surface area contributed by atoms with E-state index in [0.717, 1.165) is 20.1 Å². The molecule has 2 fully saturated rings. The van der Waals surface area contributed by atoms with Crippen molar-refractivity contribution in [1.82, 2.24) is 0 Å². The Morgan fingerprint density at radius 1 is 0.804 bits per heavy atom. The second-order valence-corrected chi connectivity index (χ2v) is 10.9. The molecule has 1 aromatic heterocycles. The van der Waals surface area contributed by atoms with Crippen LogP contribution in [-0.2, 0) is 19.0 Å². The van der Waals surface area contributed by atoms with Gasteiger partial charge in [-0.15, -0.1) is 0 Å². The fraction of sp³-hybridized carbons (Fsp3) is 0.467. The highest BCUT2D eigenvalue weighted by atomic mass is 16.7. The number of aromatic hydroxyl groups is 2. The van der Waals surface area contributed by atoms with Gasteiger partial charge in [-0.1, -0.05) is 0 Å². The molecule has 5 rings (SSSR count). The number of phenols is 2. The zero-order chi connectivity index (χ0) is 33.6. The first kappa shape index (κ1) is 33.2. The lowest BCUT2D eigenvalue weighted by Crippen LogP contribution is -2.59. The average Bonchev–Trinajstić information content (AvgIpc) is 3.01. The molecule has 0 spiro atoms. The van der Waals surface area contributed by atoms with E-state index in [2.05, 4.69) is 0 Å². The fourth-order valence-corrected chi connectivity index (χ4v) is 5.28. The normalized spacial score (nSPS) is 31.3. The first-order valence-corrected chi connectivity index (χ1v) is 14.1. The van der Waals surface area contributed by atoms with E-state index < -0.39 is 95.4 Å². The SMILES string of the molecule is COc1c(OC2OC(C)C(OC(C)=O)C(O)C2O)cc2oc(-c3ccc(O)cc3)c(OC3OC(C)C(O)C(O)C3O)c(=O)c2c1O. The minimum atomic E-state index is -1.80. The van der Waals surface area contributed by atoms with Gasteiger partial charge in [-0.05, 0) is 38.1 Å². The van der Waals surface area contributed by atoms with Gasteiger partial charge in [0.1, 0.15) is 47.2 Å². The number of phenolic OH excluding ortho intramolecular Hbond substituents is 2. The molecule has 0 amide bonds. The molecule has 16 nitrogen and oxygen atoms in total. The predicted molar refractivity (Wildman–Crippen MR) is 153 cm³/mol. The van der Waals surface area contributed by atoms with Gasteiger partial charge in [0, 0.05) is 18.6 Å². The van der Waals surface area contributed by atoms with Crippen molar-refractivity contribution < 1.29 is 73.4 Å². The molecule has 0 aliphatic carbocycles. The van der Waals surface area contributed by atoms with E-state index in [1.165, 1.54) is 38.1 Å². The lowest BCUT2D eigenvalue weighted by Gasteiger charge is -2.40. The number of hydrogen-bond donors (Lipinski definition) is 7. The van der Waals surface area contributed by atoms with E-state index in [1.54, 1.807) is 0 Å². The molecule has 16 heteroatoms. The summed E-state index contributed by atoms with van der Waals surface area (Å²) in [4.78, 5) is 25.4. The highest BCUT2D eigenvalue weighted by Crippen LogP contribution is 2.45. The van der Waals surface area contributed by atoms with Gasteiger partial charge in [-0.2, -0.15) is 0 Å². The number of fused-ring (bicyclic) bond motifs is 1. The van der Waals surface area contributed by atoms with Crippen molar-refractivity contribution in [2.45, 2.75) is 82.2 Å².